The Hall–Kier alpha value is -14.8. The Labute approximate surface area is 643 Å². The third-order valence-electron chi connectivity index (χ3n) is 23.3. The molecule has 0 unspecified atom stereocenters. The highest BCUT2D eigenvalue weighted by Crippen LogP contribution is 2.52. The van der Waals surface area contributed by atoms with E-state index in [1.807, 2.05) is 36.4 Å². The topological polar surface area (TPSA) is 52.6 Å². The summed E-state index contributed by atoms with van der Waals surface area (Å²) in [5.74, 6) is 0. The Balaban J connectivity index is 0.000000134. The lowest BCUT2D eigenvalue weighted by molar-refractivity contribution is 0.668. The van der Waals surface area contributed by atoms with Crippen LogP contribution in [0.4, 0.5) is 0 Å². The minimum absolute atomic E-state index is 0.891. The highest BCUT2D eigenvalue weighted by atomic mass is 16.3. The van der Waals surface area contributed by atoms with Gasteiger partial charge >= 0.3 is 0 Å². The predicted molar refractivity (Wildman–Crippen MR) is 471 cm³/mol. The Bertz CT molecular complexity index is 7660. The lowest BCUT2D eigenvalue weighted by atomic mass is 9.83. The molecular weight excluding hydrogens is 1360 g/mol. The zero-order valence-electron chi connectivity index (χ0n) is 60.6. The molecule has 4 aromatic heterocycles. The molecule has 0 spiro atoms. The third-order valence-corrected chi connectivity index (χ3v) is 23.3. The van der Waals surface area contributed by atoms with Crippen molar-refractivity contribution in [3.8, 4) is 89.0 Å². The highest BCUT2D eigenvalue weighted by molar-refractivity contribution is 6.25. The molecule has 0 radical (unpaired) electrons. The summed E-state index contributed by atoms with van der Waals surface area (Å²) in [6, 6.07) is 140. The molecule has 0 aliphatic heterocycles. The van der Waals surface area contributed by atoms with E-state index in [0.717, 1.165) is 132 Å². The van der Waals surface area contributed by atoms with E-state index in [0.29, 0.717) is 0 Å². The summed E-state index contributed by atoms with van der Waals surface area (Å²) in [7, 11) is 0. The van der Waals surface area contributed by atoms with Crippen LogP contribution in [0.2, 0.25) is 0 Å². The van der Waals surface area contributed by atoms with Gasteiger partial charge in [0.15, 0.2) is 0 Å². The average molecular weight is 1430 g/mol. The molecule has 24 aromatic rings. The monoisotopic (exact) mass is 1420 g/mol. The summed E-state index contributed by atoms with van der Waals surface area (Å²) in [4.78, 5) is 0. The van der Waals surface area contributed by atoms with Gasteiger partial charge in [0.25, 0.3) is 0 Å². The Morgan fingerprint density at radius 1 is 0.125 bits per heavy atom. The van der Waals surface area contributed by atoms with Gasteiger partial charge in [-0.05, 0) is 227 Å². The van der Waals surface area contributed by atoms with Crippen molar-refractivity contribution in [2.45, 2.75) is 0 Å². The van der Waals surface area contributed by atoms with Crippen LogP contribution in [0.15, 0.2) is 406 Å². The Kier molecular flexibility index (Phi) is 14.3. The van der Waals surface area contributed by atoms with Crippen molar-refractivity contribution < 1.29 is 17.7 Å². The maximum absolute atomic E-state index is 6.67. The van der Waals surface area contributed by atoms with Crippen LogP contribution in [0.25, 0.3) is 241 Å². The molecule has 0 atom stereocenters. The van der Waals surface area contributed by atoms with Crippen LogP contribution in [0, 0.1) is 0 Å². The molecule has 0 bridgehead atoms. The number of rotatable bonds is 8. The van der Waals surface area contributed by atoms with Gasteiger partial charge in [-0.15, -0.1) is 0 Å². The van der Waals surface area contributed by atoms with E-state index in [-0.39, 0.29) is 0 Å². The zero-order valence-corrected chi connectivity index (χ0v) is 60.6. The number of benzene rings is 20. The van der Waals surface area contributed by atoms with E-state index in [4.69, 9.17) is 17.7 Å². The Morgan fingerprint density at radius 2 is 0.402 bits per heavy atom. The maximum atomic E-state index is 6.67. The molecule has 4 heteroatoms. The first-order chi connectivity index (χ1) is 55.5. The number of para-hydroxylation sites is 6. The van der Waals surface area contributed by atoms with Crippen LogP contribution in [-0.4, -0.2) is 0 Å². The second-order valence-corrected chi connectivity index (χ2v) is 29.5. The number of hydrogen-bond donors (Lipinski definition) is 0. The summed E-state index contributed by atoms with van der Waals surface area (Å²) in [5.41, 5.74) is 25.8. The van der Waals surface area contributed by atoms with Crippen molar-refractivity contribution in [3.63, 3.8) is 0 Å². The van der Waals surface area contributed by atoms with Gasteiger partial charge in [-0.25, -0.2) is 0 Å². The summed E-state index contributed by atoms with van der Waals surface area (Å²) in [6.07, 6.45) is 0. The van der Waals surface area contributed by atoms with E-state index in [2.05, 4.69) is 352 Å². The van der Waals surface area contributed by atoms with Crippen LogP contribution in [0.3, 0.4) is 0 Å². The zero-order chi connectivity index (χ0) is 73.5. The van der Waals surface area contributed by atoms with Gasteiger partial charge in [0, 0.05) is 54.2 Å². The molecular formula is C108H64O4. The van der Waals surface area contributed by atoms with E-state index < -0.39 is 0 Å². The van der Waals surface area contributed by atoms with Crippen molar-refractivity contribution in [2.75, 3.05) is 0 Å². The average Bonchev–Trinajstić information content (AvgIpc) is 1.10. The van der Waals surface area contributed by atoms with Gasteiger partial charge in [-0.3, -0.25) is 0 Å². The molecule has 4 heterocycles. The largest absolute Gasteiger partial charge is 0.456 e. The normalized spacial score (nSPS) is 11.9. The van der Waals surface area contributed by atoms with Crippen LogP contribution in [0.1, 0.15) is 0 Å². The van der Waals surface area contributed by atoms with Crippen molar-refractivity contribution in [1.29, 1.82) is 0 Å². The standard InChI is InChI=1S/2C54H32O2/c1-2-14-33(15-3-1)46-30-34-16-4-5-17-35(34)31-49(46)52-40-22-10-20-36(42-24-12-26-44-38-18-6-8-28-50(38)55-53(42)44)47(40)32-48-37(21-11-23-41(48)52)43-25-13-27-45-39-19-7-9-29-51(39)56-54(43)45;1-2-12-33(13-3-1)46-28-34-14-4-5-15-35(34)29-49(46)54-44-20-10-18-38(36-24-26-42-40-16-6-8-22-50(40)55-52(42)30-36)47(44)32-48-39(19-11-21-45(48)54)37-25-27-43-41-17-7-9-23-51(41)56-53(43)31-37/h2*1-32H. The second-order valence-electron chi connectivity index (χ2n) is 29.5. The van der Waals surface area contributed by atoms with Gasteiger partial charge in [-0.1, -0.05) is 303 Å². The molecule has 0 aliphatic carbocycles. The fraction of sp³-hybridized carbons (Fsp3) is 0. The summed E-state index contributed by atoms with van der Waals surface area (Å²) in [6.45, 7) is 0. The predicted octanol–water partition coefficient (Wildman–Crippen LogP) is 31.2. The fourth-order valence-corrected chi connectivity index (χ4v) is 18.2. The van der Waals surface area contributed by atoms with E-state index in [1.54, 1.807) is 0 Å². The first-order valence-electron chi connectivity index (χ1n) is 38.3. The molecule has 0 fully saturated rings. The fourth-order valence-electron chi connectivity index (χ4n) is 18.2. The molecule has 0 saturated heterocycles. The molecule has 24 rings (SSSR count). The molecule has 0 saturated carbocycles. The minimum atomic E-state index is 0.891. The van der Waals surface area contributed by atoms with Crippen LogP contribution in [0.5, 0.6) is 0 Å². The van der Waals surface area contributed by atoms with E-state index in [9.17, 15) is 0 Å². The second kappa shape index (κ2) is 25.4. The van der Waals surface area contributed by atoms with Crippen molar-refractivity contribution in [2.24, 2.45) is 0 Å². The Morgan fingerprint density at radius 3 is 0.786 bits per heavy atom. The molecule has 0 N–H and O–H groups in total. The first kappa shape index (κ1) is 63.3. The molecule has 520 valence electrons. The van der Waals surface area contributed by atoms with Crippen LogP contribution in [-0.2, 0) is 0 Å². The van der Waals surface area contributed by atoms with Crippen molar-refractivity contribution >= 4 is 152 Å². The van der Waals surface area contributed by atoms with Crippen molar-refractivity contribution in [3.05, 3.63) is 388 Å². The highest BCUT2D eigenvalue weighted by Gasteiger charge is 2.25. The smallest absolute Gasteiger partial charge is 0.143 e. The molecule has 0 aliphatic rings. The SMILES string of the molecule is c1ccc(-c2cc3ccccc3cc2-c2c3cccc(-c4ccc5c(c4)oc4ccccc45)c3cc3c(-c4ccc5c(c4)oc4ccccc45)cccc23)cc1.c1ccc(-c2cc3ccccc3cc2-c2c3cccc(-c4cccc5c4oc4ccccc45)c3cc3c(-c4cccc5c4oc4ccccc45)cccc23)cc1. The van der Waals surface area contributed by atoms with E-state index in [1.165, 1.54) is 109 Å². The third kappa shape index (κ3) is 10.1. The lowest BCUT2D eigenvalue weighted by Crippen LogP contribution is -1.93. The van der Waals surface area contributed by atoms with Gasteiger partial charge in [0.05, 0.1) is 0 Å². The molecule has 20 aromatic carbocycles. The van der Waals surface area contributed by atoms with Crippen LogP contribution >= 0.6 is 0 Å². The van der Waals surface area contributed by atoms with Crippen LogP contribution < -0.4 is 0 Å². The minimum Gasteiger partial charge on any atom is -0.456 e. The van der Waals surface area contributed by atoms with Gasteiger partial charge < -0.3 is 17.7 Å². The summed E-state index contributed by atoms with van der Waals surface area (Å²) < 4.78 is 26.2. The number of hydrogen-bond acceptors (Lipinski definition) is 4. The summed E-state index contributed by atoms with van der Waals surface area (Å²) >= 11 is 0. The lowest BCUT2D eigenvalue weighted by Gasteiger charge is -2.20. The van der Waals surface area contributed by atoms with Gasteiger partial charge in [0.2, 0.25) is 0 Å². The molecule has 4 nitrogen and oxygen atoms in total. The van der Waals surface area contributed by atoms with Gasteiger partial charge in [-0.2, -0.15) is 0 Å². The number of fused-ring (bicyclic) bond motifs is 18. The quantitative estimate of drug-likeness (QED) is 0.142. The maximum Gasteiger partial charge on any atom is 0.143 e. The van der Waals surface area contributed by atoms with Crippen molar-refractivity contribution in [1.82, 2.24) is 0 Å². The molecule has 112 heavy (non-hydrogen) atoms. The summed E-state index contributed by atoms with van der Waals surface area (Å²) in [5, 5.41) is 23.4. The van der Waals surface area contributed by atoms with E-state index >= 15 is 0 Å². The van der Waals surface area contributed by atoms with Gasteiger partial charge in [0.1, 0.15) is 44.7 Å². The molecule has 0 amide bonds. The number of furan rings is 4. The first-order valence-corrected chi connectivity index (χ1v) is 38.3.